The molecular formula is C27H28N4O3S2. The first-order valence-electron chi connectivity index (χ1n) is 11.3. The summed E-state index contributed by atoms with van der Waals surface area (Å²) < 4.78 is 12.4. The molecular weight excluding hydrogens is 492 g/mol. The van der Waals surface area contributed by atoms with E-state index >= 15 is 0 Å². The van der Waals surface area contributed by atoms with Crippen molar-refractivity contribution in [3.63, 3.8) is 0 Å². The van der Waals surface area contributed by atoms with Crippen LogP contribution in [-0.4, -0.2) is 35.1 Å². The number of rotatable bonds is 7. The van der Waals surface area contributed by atoms with Crippen molar-refractivity contribution in [2.24, 2.45) is 0 Å². The molecule has 7 nitrogen and oxygen atoms in total. The number of ether oxygens (including phenoxy) is 2. The summed E-state index contributed by atoms with van der Waals surface area (Å²) in [6.45, 7) is 6.51. The van der Waals surface area contributed by atoms with E-state index in [-0.39, 0.29) is 0 Å². The number of carbonyl (C=O) groups excluding carboxylic acids is 1. The lowest BCUT2D eigenvalue weighted by Crippen LogP contribution is -2.21. The highest BCUT2D eigenvalue weighted by Crippen LogP contribution is 2.40. The Morgan fingerprint density at radius 3 is 2.50 bits per heavy atom. The van der Waals surface area contributed by atoms with Gasteiger partial charge >= 0.3 is 5.97 Å². The lowest BCUT2D eigenvalue weighted by Gasteiger charge is -2.12. The Labute approximate surface area is 220 Å². The first-order valence-corrected chi connectivity index (χ1v) is 12.6. The minimum Gasteiger partial charge on any atom is -0.497 e. The molecule has 0 aliphatic rings. The fourth-order valence-corrected chi connectivity index (χ4v) is 5.44. The van der Waals surface area contributed by atoms with Gasteiger partial charge in [0.1, 0.15) is 16.3 Å². The Morgan fingerprint density at radius 2 is 1.81 bits per heavy atom. The number of nitrogens with one attached hydrogen (secondary N) is 2. The van der Waals surface area contributed by atoms with Crippen LogP contribution in [0.5, 0.6) is 5.75 Å². The van der Waals surface area contributed by atoms with Gasteiger partial charge in [0.25, 0.3) is 0 Å². The second-order valence-corrected chi connectivity index (χ2v) is 9.86. The van der Waals surface area contributed by atoms with E-state index in [1.165, 1.54) is 18.4 Å². The standard InChI is InChI=1S/C27H28N4O3S2/c1-16-24(17(2)31(30-16)15-19-10-9-13-21(14-19)33-4)28-27(35)29-25-23(26(32)34-5)22(18(3)36-25)20-11-7-6-8-12-20/h6-14H,15H2,1-5H3,(H2,28,29,35). The number of anilines is 2. The number of hydrogen-bond acceptors (Lipinski definition) is 6. The summed E-state index contributed by atoms with van der Waals surface area (Å²) in [4.78, 5) is 13.8. The summed E-state index contributed by atoms with van der Waals surface area (Å²) in [7, 11) is 3.04. The number of esters is 1. The highest BCUT2D eigenvalue weighted by Gasteiger charge is 2.25. The molecule has 0 atom stereocenters. The molecule has 186 valence electrons. The van der Waals surface area contributed by atoms with Gasteiger partial charge in [-0.3, -0.25) is 4.68 Å². The highest BCUT2D eigenvalue weighted by molar-refractivity contribution is 7.80. The van der Waals surface area contributed by atoms with Crippen molar-refractivity contribution >= 4 is 45.3 Å². The quantitative estimate of drug-likeness (QED) is 0.222. The molecule has 2 N–H and O–H groups in total. The third-order valence-corrected chi connectivity index (χ3v) is 7.07. The number of benzene rings is 2. The van der Waals surface area contributed by atoms with Crippen LogP contribution in [0.25, 0.3) is 11.1 Å². The molecule has 0 aliphatic heterocycles. The molecule has 0 aliphatic carbocycles. The van der Waals surface area contributed by atoms with E-state index in [2.05, 4.69) is 10.6 Å². The number of aryl methyl sites for hydroxylation is 2. The van der Waals surface area contributed by atoms with Crippen LogP contribution in [-0.2, 0) is 11.3 Å². The second kappa shape index (κ2) is 10.9. The molecule has 0 radical (unpaired) electrons. The van der Waals surface area contributed by atoms with Crippen molar-refractivity contribution < 1.29 is 14.3 Å². The van der Waals surface area contributed by atoms with Crippen LogP contribution in [0.3, 0.4) is 0 Å². The van der Waals surface area contributed by atoms with Gasteiger partial charge in [-0.05, 0) is 56.2 Å². The predicted octanol–water partition coefficient (Wildman–Crippen LogP) is 6.19. The van der Waals surface area contributed by atoms with Gasteiger partial charge in [-0.2, -0.15) is 5.10 Å². The molecule has 2 aromatic heterocycles. The number of thiophene rings is 1. The van der Waals surface area contributed by atoms with Gasteiger partial charge in [0.05, 0.1) is 37.8 Å². The van der Waals surface area contributed by atoms with Gasteiger partial charge in [-0.15, -0.1) is 11.3 Å². The maximum Gasteiger partial charge on any atom is 0.341 e. The number of methoxy groups -OCH3 is 2. The van der Waals surface area contributed by atoms with E-state index in [0.717, 1.165) is 44.4 Å². The normalized spacial score (nSPS) is 10.7. The zero-order valence-corrected chi connectivity index (χ0v) is 22.5. The van der Waals surface area contributed by atoms with Crippen LogP contribution in [0.1, 0.15) is 32.2 Å². The van der Waals surface area contributed by atoms with E-state index in [1.807, 2.05) is 80.1 Å². The summed E-state index contributed by atoms with van der Waals surface area (Å²) in [5.41, 5.74) is 5.93. The second-order valence-electron chi connectivity index (χ2n) is 8.23. The van der Waals surface area contributed by atoms with Crippen LogP contribution >= 0.6 is 23.6 Å². The molecule has 4 rings (SSSR count). The molecule has 4 aromatic rings. The van der Waals surface area contributed by atoms with E-state index in [4.69, 9.17) is 26.8 Å². The van der Waals surface area contributed by atoms with Gasteiger partial charge in [0.15, 0.2) is 5.11 Å². The van der Waals surface area contributed by atoms with E-state index < -0.39 is 5.97 Å². The molecule has 0 fully saturated rings. The third kappa shape index (κ3) is 5.27. The highest BCUT2D eigenvalue weighted by atomic mass is 32.1. The van der Waals surface area contributed by atoms with Gasteiger partial charge in [-0.25, -0.2) is 4.79 Å². The van der Waals surface area contributed by atoms with Crippen molar-refractivity contribution in [2.75, 3.05) is 24.9 Å². The number of thiocarbonyl (C=S) groups is 1. The van der Waals surface area contributed by atoms with Crippen LogP contribution in [0.15, 0.2) is 54.6 Å². The Kier molecular flexibility index (Phi) is 7.71. The monoisotopic (exact) mass is 520 g/mol. The smallest absolute Gasteiger partial charge is 0.341 e. The summed E-state index contributed by atoms with van der Waals surface area (Å²) >= 11 is 7.10. The average molecular weight is 521 g/mol. The molecule has 0 saturated carbocycles. The minimum atomic E-state index is -0.415. The summed E-state index contributed by atoms with van der Waals surface area (Å²) in [6.07, 6.45) is 0. The maximum absolute atomic E-state index is 12.8. The molecule has 2 heterocycles. The summed E-state index contributed by atoms with van der Waals surface area (Å²) in [5.74, 6) is 0.391. The van der Waals surface area contributed by atoms with Crippen LogP contribution in [0, 0.1) is 20.8 Å². The fourth-order valence-electron chi connectivity index (χ4n) is 4.11. The maximum atomic E-state index is 12.8. The lowest BCUT2D eigenvalue weighted by atomic mass is 10.0. The first-order chi connectivity index (χ1) is 17.3. The van der Waals surface area contributed by atoms with Crippen LogP contribution < -0.4 is 15.4 Å². The van der Waals surface area contributed by atoms with Crippen LogP contribution in [0.4, 0.5) is 10.7 Å². The zero-order chi connectivity index (χ0) is 25.8. The Balaban J connectivity index is 1.58. The van der Waals surface area contributed by atoms with E-state index in [1.54, 1.807) is 7.11 Å². The number of aromatic nitrogens is 2. The van der Waals surface area contributed by atoms with E-state index in [9.17, 15) is 4.79 Å². The fraction of sp³-hybridized carbons (Fsp3) is 0.222. The minimum absolute atomic E-state index is 0.369. The summed E-state index contributed by atoms with van der Waals surface area (Å²) in [5, 5.41) is 12.2. The first kappa shape index (κ1) is 25.4. The Bertz CT molecular complexity index is 1410. The predicted molar refractivity (Wildman–Crippen MR) is 149 cm³/mol. The topological polar surface area (TPSA) is 77.4 Å². The van der Waals surface area contributed by atoms with Gasteiger partial charge in [0.2, 0.25) is 0 Å². The average Bonchev–Trinajstić information content (AvgIpc) is 3.34. The van der Waals surface area contributed by atoms with Crippen LogP contribution in [0.2, 0.25) is 0 Å². The molecule has 0 saturated heterocycles. The van der Waals surface area contributed by atoms with Crippen molar-refractivity contribution in [3.8, 4) is 16.9 Å². The van der Waals surface area contributed by atoms with Crippen molar-refractivity contribution in [1.82, 2.24) is 9.78 Å². The van der Waals surface area contributed by atoms with Crippen molar-refractivity contribution in [1.29, 1.82) is 0 Å². The Hall–Kier alpha value is -3.69. The largest absolute Gasteiger partial charge is 0.497 e. The molecule has 36 heavy (non-hydrogen) atoms. The number of hydrogen-bond donors (Lipinski definition) is 2. The zero-order valence-electron chi connectivity index (χ0n) is 20.8. The SMILES string of the molecule is COC(=O)c1c(NC(=S)Nc2c(C)nn(Cc3cccc(OC)c3)c2C)sc(C)c1-c1ccccc1. The lowest BCUT2D eigenvalue weighted by molar-refractivity contribution is 0.0603. The molecule has 0 bridgehead atoms. The van der Waals surface area contributed by atoms with Gasteiger partial charge in [0, 0.05) is 10.4 Å². The van der Waals surface area contributed by atoms with Crippen molar-refractivity contribution in [3.05, 3.63) is 82.0 Å². The third-order valence-electron chi connectivity index (χ3n) is 5.85. The molecule has 0 amide bonds. The molecule has 0 spiro atoms. The molecule has 2 aromatic carbocycles. The van der Waals surface area contributed by atoms with E-state index in [0.29, 0.717) is 22.2 Å². The van der Waals surface area contributed by atoms with Gasteiger partial charge < -0.3 is 20.1 Å². The number of carbonyl (C=O) groups is 1. The molecule has 0 unspecified atom stereocenters. The number of nitrogens with zero attached hydrogens (tertiary/aromatic N) is 2. The Morgan fingerprint density at radius 1 is 1.06 bits per heavy atom. The summed E-state index contributed by atoms with van der Waals surface area (Å²) in [6, 6.07) is 17.7. The molecule has 9 heteroatoms. The van der Waals surface area contributed by atoms with Gasteiger partial charge in [-0.1, -0.05) is 42.5 Å². The van der Waals surface area contributed by atoms with Crippen molar-refractivity contribution in [2.45, 2.75) is 27.3 Å².